The van der Waals surface area contributed by atoms with Crippen LogP contribution in [-0.4, -0.2) is 34.8 Å². The maximum absolute atomic E-state index is 11.5. The van der Waals surface area contributed by atoms with E-state index in [-0.39, 0.29) is 17.6 Å². The minimum absolute atomic E-state index is 0.0517. The first-order chi connectivity index (χ1) is 7.63. The molecule has 0 fully saturated rings. The van der Waals surface area contributed by atoms with Crippen LogP contribution < -0.4 is 5.32 Å². The van der Waals surface area contributed by atoms with E-state index in [1.54, 1.807) is 11.6 Å². The first-order valence-corrected chi connectivity index (χ1v) is 5.18. The number of rotatable bonds is 2. The van der Waals surface area contributed by atoms with Crippen LogP contribution in [-0.2, 0) is 4.74 Å². The highest BCUT2D eigenvalue weighted by Gasteiger charge is 2.26. The molecule has 1 amide bonds. The fourth-order valence-electron chi connectivity index (χ4n) is 1.62. The van der Waals surface area contributed by atoms with Crippen LogP contribution in [0, 0.1) is 0 Å². The van der Waals surface area contributed by atoms with Gasteiger partial charge >= 0.3 is 5.97 Å². The molecule has 0 saturated heterocycles. The fourth-order valence-corrected chi connectivity index (χ4v) is 1.62. The monoisotopic (exact) mass is 223 g/mol. The Morgan fingerprint density at radius 1 is 1.75 bits per heavy atom. The molecule has 1 aromatic rings. The number of hydrogen-bond donors (Lipinski definition) is 1. The van der Waals surface area contributed by atoms with Crippen LogP contribution in [0.1, 0.15) is 40.9 Å². The van der Waals surface area contributed by atoms with Crippen molar-refractivity contribution in [3.63, 3.8) is 0 Å². The van der Waals surface area contributed by atoms with Gasteiger partial charge in [-0.2, -0.15) is 5.10 Å². The van der Waals surface area contributed by atoms with Crippen LogP contribution in [0.3, 0.4) is 0 Å². The quantitative estimate of drug-likeness (QED) is 0.735. The molecule has 1 atom stereocenters. The molecule has 16 heavy (non-hydrogen) atoms. The van der Waals surface area contributed by atoms with E-state index in [0.717, 1.165) is 0 Å². The number of carbonyl (C=O) groups excluding carboxylic acids is 2. The third kappa shape index (κ3) is 1.66. The molecule has 0 aliphatic carbocycles. The number of fused-ring (bicyclic) bond motifs is 1. The molecular formula is C10H13N3O3. The van der Waals surface area contributed by atoms with E-state index in [1.165, 1.54) is 6.07 Å². The lowest BCUT2D eigenvalue weighted by Gasteiger charge is -2.20. The lowest BCUT2D eigenvalue weighted by atomic mass is 10.2. The van der Waals surface area contributed by atoms with Crippen molar-refractivity contribution in [2.45, 2.75) is 19.9 Å². The van der Waals surface area contributed by atoms with Gasteiger partial charge in [-0.05, 0) is 13.8 Å². The third-order valence-corrected chi connectivity index (χ3v) is 2.43. The van der Waals surface area contributed by atoms with Crippen molar-refractivity contribution in [1.82, 2.24) is 15.1 Å². The Labute approximate surface area is 92.6 Å². The number of esters is 1. The van der Waals surface area contributed by atoms with E-state index in [2.05, 4.69) is 10.4 Å². The molecule has 86 valence electrons. The van der Waals surface area contributed by atoms with Crippen LogP contribution in [0.5, 0.6) is 0 Å². The number of ether oxygens (including phenoxy) is 1. The molecule has 1 aliphatic rings. The molecule has 2 heterocycles. The lowest BCUT2D eigenvalue weighted by molar-refractivity contribution is 0.0517. The highest BCUT2D eigenvalue weighted by molar-refractivity contribution is 5.96. The van der Waals surface area contributed by atoms with E-state index >= 15 is 0 Å². The Morgan fingerprint density at radius 2 is 2.50 bits per heavy atom. The molecule has 0 radical (unpaired) electrons. The number of amides is 1. The van der Waals surface area contributed by atoms with Crippen molar-refractivity contribution in [1.29, 1.82) is 0 Å². The van der Waals surface area contributed by atoms with Gasteiger partial charge in [0.1, 0.15) is 5.69 Å². The number of hydrogen-bond acceptors (Lipinski definition) is 4. The Hall–Kier alpha value is -1.85. The zero-order chi connectivity index (χ0) is 11.7. The molecule has 2 rings (SSSR count). The van der Waals surface area contributed by atoms with E-state index in [0.29, 0.717) is 18.8 Å². The predicted molar refractivity (Wildman–Crippen MR) is 55.2 cm³/mol. The lowest BCUT2D eigenvalue weighted by Crippen LogP contribution is -2.38. The molecule has 1 unspecified atom stereocenters. The molecule has 1 aliphatic heterocycles. The summed E-state index contributed by atoms with van der Waals surface area (Å²) in [7, 11) is 0. The second-order valence-electron chi connectivity index (χ2n) is 3.64. The minimum Gasteiger partial charge on any atom is -0.461 e. The second-order valence-corrected chi connectivity index (χ2v) is 3.64. The van der Waals surface area contributed by atoms with Crippen LogP contribution in [0.15, 0.2) is 6.07 Å². The predicted octanol–water partition coefficient (Wildman–Crippen LogP) is 0.364. The summed E-state index contributed by atoms with van der Waals surface area (Å²) < 4.78 is 6.39. The zero-order valence-corrected chi connectivity index (χ0v) is 9.19. The van der Waals surface area contributed by atoms with Crippen LogP contribution in [0.4, 0.5) is 0 Å². The fraction of sp³-hybridized carbons (Fsp3) is 0.500. The van der Waals surface area contributed by atoms with Crippen LogP contribution in [0.2, 0.25) is 0 Å². The summed E-state index contributed by atoms with van der Waals surface area (Å²) in [5.41, 5.74) is 0.586. The summed E-state index contributed by atoms with van der Waals surface area (Å²) >= 11 is 0. The van der Waals surface area contributed by atoms with Crippen LogP contribution in [0.25, 0.3) is 0 Å². The molecule has 1 aromatic heterocycles. The van der Waals surface area contributed by atoms with Gasteiger partial charge in [0.25, 0.3) is 5.91 Å². The zero-order valence-electron chi connectivity index (χ0n) is 9.19. The summed E-state index contributed by atoms with van der Waals surface area (Å²) in [5, 5.41) is 6.80. The van der Waals surface area contributed by atoms with E-state index in [4.69, 9.17) is 4.74 Å². The SMILES string of the molecule is CCOC(=O)c1cc2n(n1)C(C)CNC2=O. The maximum atomic E-state index is 11.5. The van der Waals surface area contributed by atoms with Gasteiger partial charge in [0.05, 0.1) is 12.6 Å². The molecular weight excluding hydrogens is 210 g/mol. The number of nitrogens with zero attached hydrogens (tertiary/aromatic N) is 2. The van der Waals surface area contributed by atoms with Gasteiger partial charge < -0.3 is 10.1 Å². The summed E-state index contributed by atoms with van der Waals surface area (Å²) in [5.74, 6) is -0.703. The highest BCUT2D eigenvalue weighted by Crippen LogP contribution is 2.16. The van der Waals surface area contributed by atoms with Gasteiger partial charge in [-0.15, -0.1) is 0 Å². The summed E-state index contributed by atoms with van der Waals surface area (Å²) in [6, 6.07) is 1.51. The minimum atomic E-state index is -0.496. The highest BCUT2D eigenvalue weighted by atomic mass is 16.5. The van der Waals surface area contributed by atoms with Gasteiger partial charge in [0.15, 0.2) is 5.69 Å². The molecule has 0 aromatic carbocycles. The average Bonchev–Trinajstić information content (AvgIpc) is 2.70. The van der Waals surface area contributed by atoms with Crippen molar-refractivity contribution in [2.75, 3.05) is 13.2 Å². The van der Waals surface area contributed by atoms with Crippen molar-refractivity contribution in [2.24, 2.45) is 0 Å². The molecule has 6 nitrogen and oxygen atoms in total. The summed E-state index contributed by atoms with van der Waals surface area (Å²) in [6.07, 6.45) is 0. The number of nitrogens with one attached hydrogen (secondary N) is 1. The average molecular weight is 223 g/mol. The van der Waals surface area contributed by atoms with Crippen LogP contribution >= 0.6 is 0 Å². The molecule has 6 heteroatoms. The Kier molecular flexibility index (Phi) is 2.64. The molecule has 0 bridgehead atoms. The third-order valence-electron chi connectivity index (χ3n) is 2.43. The van der Waals surface area contributed by atoms with Gasteiger partial charge in [-0.1, -0.05) is 0 Å². The maximum Gasteiger partial charge on any atom is 0.358 e. The number of carbonyl (C=O) groups is 2. The first-order valence-electron chi connectivity index (χ1n) is 5.18. The standard InChI is InChI=1S/C10H13N3O3/c1-3-16-10(15)7-4-8-9(14)11-5-6(2)13(8)12-7/h4,6H,3,5H2,1-2H3,(H,11,14). The normalized spacial score (nSPS) is 18.9. The topological polar surface area (TPSA) is 73.2 Å². The van der Waals surface area contributed by atoms with Crippen molar-refractivity contribution in [3.05, 3.63) is 17.5 Å². The van der Waals surface area contributed by atoms with Gasteiger partial charge in [0.2, 0.25) is 0 Å². The Morgan fingerprint density at radius 3 is 3.12 bits per heavy atom. The molecule has 0 saturated carbocycles. The van der Waals surface area contributed by atoms with Gasteiger partial charge in [-0.25, -0.2) is 4.79 Å². The number of aromatic nitrogens is 2. The van der Waals surface area contributed by atoms with Gasteiger partial charge in [0, 0.05) is 12.6 Å². The van der Waals surface area contributed by atoms with E-state index in [1.807, 2.05) is 6.92 Å². The summed E-state index contributed by atoms with van der Waals surface area (Å²) in [6.45, 7) is 4.46. The Bertz CT molecular complexity index is 439. The second kappa shape index (κ2) is 3.96. The van der Waals surface area contributed by atoms with E-state index < -0.39 is 5.97 Å². The Balaban J connectivity index is 2.35. The molecule has 1 N–H and O–H groups in total. The van der Waals surface area contributed by atoms with E-state index in [9.17, 15) is 9.59 Å². The summed E-state index contributed by atoms with van der Waals surface area (Å²) in [4.78, 5) is 22.9. The van der Waals surface area contributed by atoms with Crippen molar-refractivity contribution < 1.29 is 14.3 Å². The van der Waals surface area contributed by atoms with Crippen molar-refractivity contribution >= 4 is 11.9 Å². The van der Waals surface area contributed by atoms with Crippen molar-refractivity contribution in [3.8, 4) is 0 Å². The van der Waals surface area contributed by atoms with Gasteiger partial charge in [-0.3, -0.25) is 9.48 Å². The smallest absolute Gasteiger partial charge is 0.358 e. The first kappa shape index (κ1) is 10.7. The largest absolute Gasteiger partial charge is 0.461 e. The molecule has 0 spiro atoms.